The molecular formula is C16H18Cl2N2O4S. The molecule has 1 unspecified atom stereocenters. The van der Waals surface area contributed by atoms with Crippen LogP contribution < -0.4 is 11.1 Å². The zero-order chi connectivity index (χ0) is 18.4. The highest BCUT2D eigenvalue weighted by Gasteiger charge is 2.69. The Hall–Kier alpha value is -1.31. The SMILES string of the molecule is CC1(C(=O)OCC(=O)Nc2sc3c(c2C(N)=O)CCCC3)CC1(Cl)Cl. The van der Waals surface area contributed by atoms with E-state index in [2.05, 4.69) is 5.32 Å². The van der Waals surface area contributed by atoms with Gasteiger partial charge in [0.1, 0.15) is 14.7 Å². The molecule has 1 saturated carbocycles. The van der Waals surface area contributed by atoms with E-state index in [9.17, 15) is 14.4 Å². The Morgan fingerprint density at radius 2 is 1.92 bits per heavy atom. The number of esters is 1. The number of carbonyl (C=O) groups excluding carboxylic acids is 3. The number of ether oxygens (including phenoxy) is 1. The summed E-state index contributed by atoms with van der Waals surface area (Å²) in [5, 5.41) is 3.05. The third-order valence-electron chi connectivity index (χ3n) is 4.71. The van der Waals surface area contributed by atoms with E-state index in [-0.39, 0.29) is 6.42 Å². The maximum atomic E-state index is 12.1. The van der Waals surface area contributed by atoms with Crippen LogP contribution in [0.4, 0.5) is 5.00 Å². The topological polar surface area (TPSA) is 98.5 Å². The second-order valence-corrected chi connectivity index (χ2v) is 9.21. The zero-order valence-corrected chi connectivity index (χ0v) is 15.9. The standard InChI is InChI=1S/C16H18Cl2N2O4S/c1-15(7-16(15,17)18)14(23)24-6-10(21)20-13-11(12(19)22)8-4-2-3-5-9(8)25-13/h2-7H2,1H3,(H2,19,22)(H,20,21). The van der Waals surface area contributed by atoms with E-state index in [0.717, 1.165) is 36.1 Å². The summed E-state index contributed by atoms with van der Waals surface area (Å²) in [4.78, 5) is 37.0. The smallest absolute Gasteiger partial charge is 0.315 e. The molecule has 1 fully saturated rings. The number of primary amides is 1. The summed E-state index contributed by atoms with van der Waals surface area (Å²) in [6, 6.07) is 0. The highest BCUT2D eigenvalue weighted by atomic mass is 35.5. The molecule has 0 radical (unpaired) electrons. The molecule has 9 heteroatoms. The second-order valence-electron chi connectivity index (χ2n) is 6.62. The normalized spacial score (nSPS) is 23.5. The van der Waals surface area contributed by atoms with Gasteiger partial charge in [-0.2, -0.15) is 0 Å². The van der Waals surface area contributed by atoms with Crippen LogP contribution in [0.5, 0.6) is 0 Å². The average Bonchev–Trinajstić information content (AvgIpc) is 2.90. The average molecular weight is 405 g/mol. The minimum absolute atomic E-state index is 0.285. The quantitative estimate of drug-likeness (QED) is 0.581. The van der Waals surface area contributed by atoms with Crippen molar-refractivity contribution in [2.45, 2.75) is 43.4 Å². The molecule has 3 rings (SSSR count). The van der Waals surface area contributed by atoms with Crippen LogP contribution in [0.15, 0.2) is 0 Å². The monoisotopic (exact) mass is 404 g/mol. The first-order valence-corrected chi connectivity index (χ1v) is 9.52. The number of hydrogen-bond acceptors (Lipinski definition) is 5. The minimum Gasteiger partial charge on any atom is -0.455 e. The highest BCUT2D eigenvalue weighted by Crippen LogP contribution is 2.64. The van der Waals surface area contributed by atoms with Gasteiger partial charge in [0.25, 0.3) is 11.8 Å². The summed E-state index contributed by atoms with van der Waals surface area (Å²) in [5.41, 5.74) is 5.78. The number of nitrogens with one attached hydrogen (secondary N) is 1. The zero-order valence-electron chi connectivity index (χ0n) is 13.6. The van der Waals surface area contributed by atoms with Gasteiger partial charge in [0, 0.05) is 11.3 Å². The summed E-state index contributed by atoms with van der Waals surface area (Å²) in [6.07, 6.45) is 3.98. The predicted octanol–water partition coefficient (Wildman–Crippen LogP) is 2.79. The van der Waals surface area contributed by atoms with Gasteiger partial charge in [-0.3, -0.25) is 14.4 Å². The molecule has 1 atom stereocenters. The molecular weight excluding hydrogens is 387 g/mol. The molecule has 2 aliphatic rings. The molecule has 0 bridgehead atoms. The Kier molecular flexibility index (Phi) is 4.77. The molecule has 1 aromatic rings. The number of alkyl halides is 2. The van der Waals surface area contributed by atoms with Crippen molar-refractivity contribution >= 4 is 57.3 Å². The Bertz CT molecular complexity index is 762. The fourth-order valence-corrected chi connectivity index (χ4v) is 4.99. The number of fused-ring (bicyclic) bond motifs is 1. The maximum absolute atomic E-state index is 12.1. The molecule has 1 aromatic heterocycles. The van der Waals surface area contributed by atoms with Crippen LogP contribution in [0.3, 0.4) is 0 Å². The number of nitrogens with two attached hydrogens (primary N) is 1. The molecule has 0 aliphatic heterocycles. The van der Waals surface area contributed by atoms with Crippen molar-refractivity contribution in [3.8, 4) is 0 Å². The van der Waals surface area contributed by atoms with Crippen LogP contribution in [-0.4, -0.2) is 28.7 Å². The van der Waals surface area contributed by atoms with E-state index in [1.165, 1.54) is 11.3 Å². The first kappa shape index (κ1) is 18.5. The lowest BCUT2D eigenvalue weighted by Gasteiger charge is -2.12. The number of amides is 2. The molecule has 1 heterocycles. The third kappa shape index (κ3) is 3.37. The van der Waals surface area contributed by atoms with Gasteiger partial charge in [0.05, 0.1) is 5.56 Å². The first-order chi connectivity index (χ1) is 11.7. The van der Waals surface area contributed by atoms with Gasteiger partial charge in [-0.1, -0.05) is 0 Å². The van der Waals surface area contributed by atoms with Gasteiger partial charge in [0.2, 0.25) is 0 Å². The Balaban J connectivity index is 1.65. The Labute approximate surface area is 159 Å². The summed E-state index contributed by atoms with van der Waals surface area (Å²) in [7, 11) is 0. The first-order valence-electron chi connectivity index (χ1n) is 7.95. The van der Waals surface area contributed by atoms with Crippen molar-refractivity contribution in [1.82, 2.24) is 0 Å². The van der Waals surface area contributed by atoms with Crippen molar-refractivity contribution in [1.29, 1.82) is 0 Å². The van der Waals surface area contributed by atoms with Gasteiger partial charge in [0.15, 0.2) is 6.61 Å². The molecule has 0 aromatic carbocycles. The van der Waals surface area contributed by atoms with Gasteiger partial charge < -0.3 is 15.8 Å². The lowest BCUT2D eigenvalue weighted by molar-refractivity contribution is -0.152. The van der Waals surface area contributed by atoms with E-state index in [0.29, 0.717) is 10.6 Å². The van der Waals surface area contributed by atoms with Crippen molar-refractivity contribution < 1.29 is 19.1 Å². The number of thiophene rings is 1. The Morgan fingerprint density at radius 1 is 1.28 bits per heavy atom. The largest absolute Gasteiger partial charge is 0.455 e. The maximum Gasteiger partial charge on any atom is 0.315 e. The van der Waals surface area contributed by atoms with E-state index < -0.39 is 34.1 Å². The van der Waals surface area contributed by atoms with Crippen molar-refractivity contribution in [3.63, 3.8) is 0 Å². The van der Waals surface area contributed by atoms with Gasteiger partial charge in [-0.05, 0) is 38.2 Å². The van der Waals surface area contributed by atoms with Crippen LogP contribution >= 0.6 is 34.5 Å². The molecule has 3 N–H and O–H groups in total. The minimum atomic E-state index is -1.15. The van der Waals surface area contributed by atoms with Gasteiger partial charge in [-0.15, -0.1) is 34.5 Å². The van der Waals surface area contributed by atoms with Crippen molar-refractivity contribution in [3.05, 3.63) is 16.0 Å². The Morgan fingerprint density at radius 3 is 2.52 bits per heavy atom. The number of halogens is 2. The third-order valence-corrected chi connectivity index (χ3v) is 7.02. The molecule has 0 spiro atoms. The summed E-state index contributed by atoms with van der Waals surface area (Å²) < 4.78 is 3.86. The summed E-state index contributed by atoms with van der Waals surface area (Å²) >= 11 is 13.2. The van der Waals surface area contributed by atoms with E-state index in [1.54, 1.807) is 6.92 Å². The summed E-state index contributed by atoms with van der Waals surface area (Å²) in [6.45, 7) is 1.12. The summed E-state index contributed by atoms with van der Waals surface area (Å²) in [5.74, 6) is -1.71. The van der Waals surface area contributed by atoms with Crippen LogP contribution in [0, 0.1) is 5.41 Å². The molecule has 0 saturated heterocycles. The van der Waals surface area contributed by atoms with Crippen LogP contribution in [0.25, 0.3) is 0 Å². The van der Waals surface area contributed by atoms with Crippen molar-refractivity contribution in [2.24, 2.45) is 11.1 Å². The van der Waals surface area contributed by atoms with Gasteiger partial charge in [-0.25, -0.2) is 0 Å². The molecule has 136 valence electrons. The fraction of sp³-hybridized carbons (Fsp3) is 0.562. The lowest BCUT2D eigenvalue weighted by atomic mass is 9.95. The highest BCUT2D eigenvalue weighted by molar-refractivity contribution is 7.17. The number of anilines is 1. The second kappa shape index (κ2) is 6.45. The number of aryl methyl sites for hydroxylation is 1. The van der Waals surface area contributed by atoms with Crippen LogP contribution in [0.2, 0.25) is 0 Å². The number of hydrogen-bond donors (Lipinski definition) is 2. The molecule has 6 nitrogen and oxygen atoms in total. The van der Waals surface area contributed by atoms with Crippen molar-refractivity contribution in [2.75, 3.05) is 11.9 Å². The molecule has 2 aliphatic carbocycles. The van der Waals surface area contributed by atoms with Crippen LogP contribution in [-0.2, 0) is 27.2 Å². The lowest BCUT2D eigenvalue weighted by Crippen LogP contribution is -2.27. The number of rotatable bonds is 5. The molecule has 25 heavy (non-hydrogen) atoms. The number of carbonyl (C=O) groups is 3. The van der Waals surface area contributed by atoms with E-state index in [1.807, 2.05) is 0 Å². The fourth-order valence-electron chi connectivity index (χ4n) is 2.99. The van der Waals surface area contributed by atoms with E-state index >= 15 is 0 Å². The predicted molar refractivity (Wildman–Crippen MR) is 96.2 cm³/mol. The molecule has 2 amide bonds. The van der Waals surface area contributed by atoms with Crippen LogP contribution in [0.1, 0.15) is 47.0 Å². The van der Waals surface area contributed by atoms with Gasteiger partial charge >= 0.3 is 5.97 Å². The van der Waals surface area contributed by atoms with E-state index in [4.69, 9.17) is 33.7 Å².